The maximum atomic E-state index is 11.5. The van der Waals surface area contributed by atoms with Gasteiger partial charge in [0.15, 0.2) is 17.7 Å². The molecule has 3 fully saturated rings. The van der Waals surface area contributed by atoms with E-state index in [1.54, 1.807) is 27.7 Å². The van der Waals surface area contributed by atoms with Crippen LogP contribution < -0.4 is 5.14 Å². The highest BCUT2D eigenvalue weighted by atomic mass is 32.2. The van der Waals surface area contributed by atoms with E-state index in [1.165, 1.54) is 0 Å². The molecule has 3 rings (SSSR count). The van der Waals surface area contributed by atoms with E-state index in [1.807, 2.05) is 0 Å². The first-order chi connectivity index (χ1) is 9.92. The lowest BCUT2D eigenvalue weighted by atomic mass is 9.97. The average Bonchev–Trinajstić information content (AvgIpc) is 2.79. The Kier molecular flexibility index (Phi) is 3.63. The minimum Gasteiger partial charge on any atom is -0.345 e. The van der Waals surface area contributed by atoms with Crippen LogP contribution in [0.5, 0.6) is 0 Å². The van der Waals surface area contributed by atoms with E-state index in [-0.39, 0.29) is 13.2 Å². The second-order valence-electron chi connectivity index (χ2n) is 6.56. The molecule has 0 amide bonds. The molecule has 3 aliphatic rings. The molecule has 0 radical (unpaired) electrons. The van der Waals surface area contributed by atoms with Gasteiger partial charge in [0.25, 0.3) is 0 Å². The van der Waals surface area contributed by atoms with Crippen molar-refractivity contribution < 1.29 is 36.3 Å². The molecule has 1 spiro atoms. The molecule has 4 atom stereocenters. The SMILES string of the molecule is CC1(C)O[C@H]2[C@H](CO[C@]3(COC(C)(C)O3)[C@H]2OS(N)(=O)=O)O1. The molecule has 0 unspecified atom stereocenters. The van der Waals surface area contributed by atoms with E-state index in [2.05, 4.69) is 0 Å². The number of rotatable bonds is 2. The molecule has 3 heterocycles. The number of nitrogens with two attached hydrogens (primary N) is 1. The number of ether oxygens (including phenoxy) is 5. The third kappa shape index (κ3) is 3.02. The van der Waals surface area contributed by atoms with Crippen molar-refractivity contribution in [3.8, 4) is 0 Å². The van der Waals surface area contributed by atoms with Crippen LogP contribution in [0.15, 0.2) is 0 Å². The van der Waals surface area contributed by atoms with Gasteiger partial charge < -0.3 is 23.7 Å². The molecular weight excluding hydrogens is 318 g/mol. The van der Waals surface area contributed by atoms with Crippen LogP contribution in [0.3, 0.4) is 0 Å². The topological polar surface area (TPSA) is 116 Å². The fraction of sp³-hybridized carbons (Fsp3) is 1.00. The zero-order chi connectivity index (χ0) is 16.4. The number of fused-ring (bicyclic) bond motifs is 1. The highest BCUT2D eigenvalue weighted by molar-refractivity contribution is 7.84. The Labute approximate surface area is 129 Å². The maximum Gasteiger partial charge on any atom is 0.333 e. The van der Waals surface area contributed by atoms with Crippen LogP contribution in [0, 0.1) is 0 Å². The van der Waals surface area contributed by atoms with Gasteiger partial charge in [-0.1, -0.05) is 0 Å². The summed E-state index contributed by atoms with van der Waals surface area (Å²) in [6.07, 6.45) is -2.33. The highest BCUT2D eigenvalue weighted by Gasteiger charge is 2.64. The Morgan fingerprint density at radius 2 is 1.77 bits per heavy atom. The molecule has 10 heteroatoms. The summed E-state index contributed by atoms with van der Waals surface area (Å²) in [5.74, 6) is -3.25. The van der Waals surface area contributed by atoms with E-state index in [4.69, 9.17) is 33.0 Å². The summed E-state index contributed by atoms with van der Waals surface area (Å²) in [7, 11) is -4.25. The average molecular weight is 339 g/mol. The summed E-state index contributed by atoms with van der Waals surface area (Å²) in [5, 5.41) is 5.04. The zero-order valence-electron chi connectivity index (χ0n) is 12.9. The van der Waals surface area contributed by atoms with Gasteiger partial charge in [-0.05, 0) is 27.7 Å². The molecule has 3 aliphatic heterocycles. The third-order valence-corrected chi connectivity index (χ3v) is 4.20. The van der Waals surface area contributed by atoms with Crippen LogP contribution in [0.2, 0.25) is 0 Å². The van der Waals surface area contributed by atoms with Crippen molar-refractivity contribution >= 4 is 10.3 Å². The van der Waals surface area contributed by atoms with Crippen molar-refractivity contribution in [3.63, 3.8) is 0 Å². The lowest BCUT2D eigenvalue weighted by Crippen LogP contribution is -2.63. The standard InChI is InChI=1S/C12H21NO8S/c1-10(2)17-6-12(21-10)9(20-22(13,14)15)8-7(5-16-12)18-11(3,4)19-8/h7-9H,5-6H2,1-4H3,(H2,13,14,15)/t7-,8-,9-,12-/m0/s1. The lowest BCUT2D eigenvalue weighted by molar-refractivity contribution is -0.320. The second-order valence-corrected chi connectivity index (χ2v) is 7.74. The maximum absolute atomic E-state index is 11.5. The van der Waals surface area contributed by atoms with Gasteiger partial charge in [0.1, 0.15) is 18.8 Å². The van der Waals surface area contributed by atoms with Gasteiger partial charge in [-0.2, -0.15) is 8.42 Å². The molecule has 3 saturated heterocycles. The summed E-state index contributed by atoms with van der Waals surface area (Å²) in [5.41, 5.74) is 0. The van der Waals surface area contributed by atoms with Crippen LogP contribution in [0.25, 0.3) is 0 Å². The summed E-state index contributed by atoms with van der Waals surface area (Å²) in [6.45, 7) is 7.00. The van der Waals surface area contributed by atoms with Gasteiger partial charge in [0.2, 0.25) is 5.79 Å². The number of hydrogen-bond acceptors (Lipinski definition) is 8. The molecule has 0 aromatic rings. The van der Waals surface area contributed by atoms with E-state index in [0.717, 1.165) is 0 Å². The lowest BCUT2D eigenvalue weighted by Gasteiger charge is -2.42. The van der Waals surface area contributed by atoms with Crippen LogP contribution in [-0.4, -0.2) is 57.3 Å². The molecule has 0 aromatic heterocycles. The smallest absolute Gasteiger partial charge is 0.333 e. The van der Waals surface area contributed by atoms with Gasteiger partial charge in [0, 0.05) is 0 Å². The van der Waals surface area contributed by atoms with Gasteiger partial charge >= 0.3 is 10.3 Å². The Balaban J connectivity index is 1.94. The summed E-state index contributed by atoms with van der Waals surface area (Å²) >= 11 is 0. The van der Waals surface area contributed by atoms with Gasteiger partial charge in [-0.15, -0.1) is 0 Å². The second kappa shape index (κ2) is 4.84. The fourth-order valence-corrected chi connectivity index (χ4v) is 3.58. The first-order valence-electron chi connectivity index (χ1n) is 6.96. The van der Waals surface area contributed by atoms with Crippen LogP contribution in [-0.2, 0) is 38.2 Å². The van der Waals surface area contributed by atoms with Gasteiger partial charge in [-0.3, -0.25) is 0 Å². The van der Waals surface area contributed by atoms with E-state index in [0.29, 0.717) is 0 Å². The first-order valence-corrected chi connectivity index (χ1v) is 8.43. The molecule has 22 heavy (non-hydrogen) atoms. The van der Waals surface area contributed by atoms with Crippen LogP contribution in [0.4, 0.5) is 0 Å². The Hall–Kier alpha value is -0.330. The van der Waals surface area contributed by atoms with E-state index < -0.39 is 46.0 Å². The molecule has 128 valence electrons. The first kappa shape index (κ1) is 16.5. The fourth-order valence-electron chi connectivity index (χ4n) is 3.04. The van der Waals surface area contributed by atoms with Crippen molar-refractivity contribution in [1.82, 2.24) is 0 Å². The van der Waals surface area contributed by atoms with Crippen molar-refractivity contribution in [2.45, 2.75) is 63.4 Å². The third-order valence-electron chi connectivity index (χ3n) is 3.72. The zero-order valence-corrected chi connectivity index (χ0v) is 13.7. The van der Waals surface area contributed by atoms with Crippen LogP contribution in [0.1, 0.15) is 27.7 Å². The molecule has 2 N–H and O–H groups in total. The van der Waals surface area contributed by atoms with Crippen molar-refractivity contribution in [1.29, 1.82) is 0 Å². The molecule has 0 aromatic carbocycles. The van der Waals surface area contributed by atoms with E-state index >= 15 is 0 Å². The monoisotopic (exact) mass is 339 g/mol. The largest absolute Gasteiger partial charge is 0.345 e. The molecule has 0 aliphatic carbocycles. The Bertz CT molecular complexity index is 559. The van der Waals surface area contributed by atoms with E-state index in [9.17, 15) is 8.42 Å². The van der Waals surface area contributed by atoms with Gasteiger partial charge in [-0.25, -0.2) is 9.32 Å². The summed E-state index contributed by atoms with van der Waals surface area (Å²) in [6, 6.07) is 0. The number of hydrogen-bond donors (Lipinski definition) is 1. The molecule has 9 nitrogen and oxygen atoms in total. The van der Waals surface area contributed by atoms with Crippen molar-refractivity contribution in [2.24, 2.45) is 5.14 Å². The van der Waals surface area contributed by atoms with Crippen molar-refractivity contribution in [3.05, 3.63) is 0 Å². The molecule has 0 saturated carbocycles. The minimum absolute atomic E-state index is 0.00675. The van der Waals surface area contributed by atoms with Crippen molar-refractivity contribution in [2.75, 3.05) is 13.2 Å². The highest BCUT2D eigenvalue weighted by Crippen LogP contribution is 2.45. The molecular formula is C12H21NO8S. The summed E-state index contributed by atoms with van der Waals surface area (Å²) in [4.78, 5) is 0. The predicted molar refractivity (Wildman–Crippen MR) is 71.6 cm³/mol. The molecule has 0 bridgehead atoms. The Morgan fingerprint density at radius 3 is 2.32 bits per heavy atom. The predicted octanol–water partition coefficient (Wildman–Crippen LogP) is -0.395. The van der Waals surface area contributed by atoms with Crippen LogP contribution >= 0.6 is 0 Å². The van der Waals surface area contributed by atoms with Gasteiger partial charge in [0.05, 0.1) is 6.61 Å². The normalized spacial score (nSPS) is 43.4. The summed E-state index contributed by atoms with van der Waals surface area (Å²) < 4.78 is 56.5. The Morgan fingerprint density at radius 1 is 1.09 bits per heavy atom. The minimum atomic E-state index is -4.25. The quantitative estimate of drug-likeness (QED) is 0.723.